The Morgan fingerprint density at radius 1 is 1.33 bits per heavy atom. The number of fused-ring (bicyclic) bond motifs is 1. The molecule has 1 N–H and O–H groups in total. The summed E-state index contributed by atoms with van der Waals surface area (Å²) in [6.45, 7) is 5.41. The molecule has 0 amide bonds. The van der Waals surface area contributed by atoms with Crippen molar-refractivity contribution in [1.82, 2.24) is 14.9 Å². The minimum absolute atomic E-state index is 0.575. The molecule has 1 aromatic heterocycles. The maximum absolute atomic E-state index is 4.71. The van der Waals surface area contributed by atoms with Crippen molar-refractivity contribution in [3.05, 3.63) is 29.6 Å². The van der Waals surface area contributed by atoms with Gasteiger partial charge >= 0.3 is 0 Å². The Bertz CT molecular complexity index is 528. The Labute approximate surface area is 109 Å². The van der Waals surface area contributed by atoms with E-state index in [1.54, 1.807) is 0 Å². The Hall–Kier alpha value is -1.35. The molecule has 1 unspecified atom stereocenters. The summed E-state index contributed by atoms with van der Waals surface area (Å²) in [6.07, 6.45) is 2.13. The first kappa shape index (κ1) is 13.1. The van der Waals surface area contributed by atoms with Crippen molar-refractivity contribution in [2.75, 3.05) is 13.6 Å². The largest absolute Gasteiger partial charge is 0.331 e. The zero-order valence-electron chi connectivity index (χ0n) is 11.8. The summed E-state index contributed by atoms with van der Waals surface area (Å²) in [5, 5.41) is 3.27. The quantitative estimate of drug-likeness (QED) is 0.878. The summed E-state index contributed by atoms with van der Waals surface area (Å²) in [5.74, 6) is 1.73. The molecule has 1 heterocycles. The van der Waals surface area contributed by atoms with Gasteiger partial charge in [0.2, 0.25) is 0 Å². The molecule has 0 aliphatic rings. The molecule has 2 aromatic rings. The van der Waals surface area contributed by atoms with Gasteiger partial charge in [-0.25, -0.2) is 4.98 Å². The van der Waals surface area contributed by atoms with Gasteiger partial charge in [-0.1, -0.05) is 19.9 Å². The van der Waals surface area contributed by atoms with Crippen molar-refractivity contribution in [3.8, 4) is 0 Å². The van der Waals surface area contributed by atoms with Crippen LogP contribution in [0.25, 0.3) is 11.0 Å². The zero-order chi connectivity index (χ0) is 13.1. The molecule has 0 saturated heterocycles. The monoisotopic (exact) mass is 245 g/mol. The number of aromatic nitrogens is 2. The summed E-state index contributed by atoms with van der Waals surface area (Å²) < 4.78 is 2.19. The predicted octanol–water partition coefficient (Wildman–Crippen LogP) is 2.85. The van der Waals surface area contributed by atoms with Gasteiger partial charge in [0.1, 0.15) is 5.82 Å². The van der Waals surface area contributed by atoms with Crippen LogP contribution in [0.2, 0.25) is 0 Å². The molecular weight excluding hydrogens is 222 g/mol. The molecular formula is C15H23N3. The molecule has 0 fully saturated rings. The Kier molecular flexibility index (Phi) is 4.02. The van der Waals surface area contributed by atoms with E-state index in [1.165, 1.54) is 11.1 Å². The minimum atomic E-state index is 0.575. The summed E-state index contributed by atoms with van der Waals surface area (Å²) in [7, 11) is 4.11. The lowest BCUT2D eigenvalue weighted by Crippen LogP contribution is -2.16. The van der Waals surface area contributed by atoms with Crippen molar-refractivity contribution in [2.45, 2.75) is 32.6 Å². The van der Waals surface area contributed by atoms with Crippen molar-refractivity contribution in [2.24, 2.45) is 7.05 Å². The third-order valence-electron chi connectivity index (χ3n) is 3.73. The van der Waals surface area contributed by atoms with Crippen LogP contribution >= 0.6 is 0 Å². The molecule has 0 spiro atoms. The van der Waals surface area contributed by atoms with E-state index in [0.717, 1.165) is 30.7 Å². The molecule has 0 aliphatic heterocycles. The molecule has 0 aliphatic carbocycles. The van der Waals surface area contributed by atoms with Gasteiger partial charge in [0.15, 0.2) is 0 Å². The highest BCUT2D eigenvalue weighted by Gasteiger charge is 2.11. The van der Waals surface area contributed by atoms with Gasteiger partial charge in [-0.05, 0) is 37.1 Å². The van der Waals surface area contributed by atoms with E-state index in [0.29, 0.717) is 5.92 Å². The number of nitrogens with zero attached hydrogens (tertiary/aromatic N) is 2. The van der Waals surface area contributed by atoms with Crippen LogP contribution in [0, 0.1) is 0 Å². The van der Waals surface area contributed by atoms with E-state index in [4.69, 9.17) is 4.98 Å². The van der Waals surface area contributed by atoms with Gasteiger partial charge in [0.05, 0.1) is 11.0 Å². The van der Waals surface area contributed by atoms with E-state index in [1.807, 2.05) is 7.05 Å². The number of aryl methyl sites for hydroxylation is 2. The third-order valence-corrected chi connectivity index (χ3v) is 3.73. The first-order valence-electron chi connectivity index (χ1n) is 6.81. The van der Waals surface area contributed by atoms with Crippen LogP contribution in [-0.2, 0) is 13.5 Å². The Morgan fingerprint density at radius 2 is 2.11 bits per heavy atom. The molecule has 3 nitrogen and oxygen atoms in total. The maximum Gasteiger partial charge on any atom is 0.109 e. The summed E-state index contributed by atoms with van der Waals surface area (Å²) in [5.41, 5.74) is 3.75. The first-order chi connectivity index (χ1) is 8.71. The van der Waals surface area contributed by atoms with Crippen molar-refractivity contribution >= 4 is 11.0 Å². The second-order valence-corrected chi connectivity index (χ2v) is 4.85. The average Bonchev–Trinajstić information content (AvgIpc) is 2.72. The zero-order valence-corrected chi connectivity index (χ0v) is 11.8. The fraction of sp³-hybridized carbons (Fsp3) is 0.533. The third kappa shape index (κ3) is 2.27. The molecule has 0 saturated carbocycles. The van der Waals surface area contributed by atoms with Gasteiger partial charge in [0, 0.05) is 20.0 Å². The van der Waals surface area contributed by atoms with Crippen LogP contribution in [0.4, 0.5) is 0 Å². The molecule has 0 radical (unpaired) electrons. The van der Waals surface area contributed by atoms with Crippen LogP contribution < -0.4 is 5.32 Å². The van der Waals surface area contributed by atoms with Gasteiger partial charge < -0.3 is 9.88 Å². The maximum atomic E-state index is 4.71. The fourth-order valence-corrected chi connectivity index (χ4v) is 2.58. The molecule has 18 heavy (non-hydrogen) atoms. The number of benzene rings is 1. The Balaban J connectivity index is 2.43. The average molecular weight is 245 g/mol. The molecule has 3 heteroatoms. The first-order valence-corrected chi connectivity index (χ1v) is 6.81. The predicted molar refractivity (Wildman–Crippen MR) is 77.1 cm³/mol. The van der Waals surface area contributed by atoms with E-state index >= 15 is 0 Å². The van der Waals surface area contributed by atoms with Crippen LogP contribution in [0.15, 0.2) is 18.2 Å². The SMILES string of the molecule is CCc1nc2cc(C(CC)CNC)ccc2n1C. The highest BCUT2D eigenvalue weighted by Crippen LogP contribution is 2.24. The highest BCUT2D eigenvalue weighted by atomic mass is 15.1. The number of hydrogen-bond donors (Lipinski definition) is 1. The highest BCUT2D eigenvalue weighted by molar-refractivity contribution is 5.77. The second-order valence-electron chi connectivity index (χ2n) is 4.85. The Morgan fingerprint density at radius 3 is 2.72 bits per heavy atom. The van der Waals surface area contributed by atoms with E-state index in [2.05, 4.69) is 49.0 Å². The summed E-state index contributed by atoms with van der Waals surface area (Å²) >= 11 is 0. The second kappa shape index (κ2) is 5.53. The number of likely N-dealkylation sites (N-methyl/N-ethyl adjacent to an activating group) is 1. The van der Waals surface area contributed by atoms with Crippen LogP contribution in [0.3, 0.4) is 0 Å². The standard InChI is InChI=1S/C15H23N3/c1-5-11(10-16-3)12-7-8-14-13(9-12)17-15(6-2)18(14)4/h7-9,11,16H,5-6,10H2,1-4H3. The lowest BCUT2D eigenvalue weighted by Gasteiger charge is -2.14. The van der Waals surface area contributed by atoms with Crippen molar-refractivity contribution in [3.63, 3.8) is 0 Å². The molecule has 1 atom stereocenters. The van der Waals surface area contributed by atoms with Crippen molar-refractivity contribution in [1.29, 1.82) is 0 Å². The van der Waals surface area contributed by atoms with E-state index < -0.39 is 0 Å². The normalized spacial score (nSPS) is 13.1. The summed E-state index contributed by atoms with van der Waals surface area (Å²) in [6, 6.07) is 6.70. The van der Waals surface area contributed by atoms with Gasteiger partial charge in [-0.2, -0.15) is 0 Å². The number of nitrogens with one attached hydrogen (secondary N) is 1. The number of hydrogen-bond acceptors (Lipinski definition) is 2. The van der Waals surface area contributed by atoms with Crippen LogP contribution in [0.5, 0.6) is 0 Å². The molecule has 98 valence electrons. The van der Waals surface area contributed by atoms with Crippen molar-refractivity contribution < 1.29 is 0 Å². The minimum Gasteiger partial charge on any atom is -0.331 e. The number of imidazole rings is 1. The van der Waals surface area contributed by atoms with E-state index in [-0.39, 0.29) is 0 Å². The van der Waals surface area contributed by atoms with Crippen LogP contribution in [0.1, 0.15) is 37.6 Å². The van der Waals surface area contributed by atoms with Gasteiger partial charge in [-0.15, -0.1) is 0 Å². The molecule has 1 aromatic carbocycles. The van der Waals surface area contributed by atoms with Crippen LogP contribution in [-0.4, -0.2) is 23.1 Å². The lowest BCUT2D eigenvalue weighted by molar-refractivity contribution is 0.612. The smallest absolute Gasteiger partial charge is 0.109 e. The van der Waals surface area contributed by atoms with Gasteiger partial charge in [0.25, 0.3) is 0 Å². The number of rotatable bonds is 5. The summed E-state index contributed by atoms with van der Waals surface area (Å²) in [4.78, 5) is 4.71. The lowest BCUT2D eigenvalue weighted by atomic mass is 9.96. The van der Waals surface area contributed by atoms with Gasteiger partial charge in [-0.3, -0.25) is 0 Å². The molecule has 2 rings (SSSR count). The topological polar surface area (TPSA) is 29.9 Å². The molecule has 0 bridgehead atoms. The van der Waals surface area contributed by atoms with E-state index in [9.17, 15) is 0 Å². The fourth-order valence-electron chi connectivity index (χ4n) is 2.58.